The summed E-state index contributed by atoms with van der Waals surface area (Å²) in [5.74, 6) is 0.743. The van der Waals surface area contributed by atoms with Gasteiger partial charge in [-0.25, -0.2) is 0 Å². The van der Waals surface area contributed by atoms with Gasteiger partial charge in [0.15, 0.2) is 0 Å². The van der Waals surface area contributed by atoms with Crippen molar-refractivity contribution in [2.24, 2.45) is 0 Å². The van der Waals surface area contributed by atoms with Gasteiger partial charge in [0.1, 0.15) is 0 Å². The molecular formula is C14H20N2. The molecule has 1 aliphatic carbocycles. The van der Waals surface area contributed by atoms with Crippen LogP contribution in [0.25, 0.3) is 0 Å². The predicted molar refractivity (Wildman–Crippen MR) is 68.1 cm³/mol. The lowest BCUT2D eigenvalue weighted by Gasteiger charge is -2.38. The van der Waals surface area contributed by atoms with Crippen LogP contribution in [0.5, 0.6) is 0 Å². The number of nitrogens with one attached hydrogen (secondary N) is 1. The lowest BCUT2D eigenvalue weighted by molar-refractivity contribution is 0.314. The standard InChI is InChI=1S/C14H20N2/c1-15-12-8-5-7-11-10-6-3-4-9-13(10)16(2)14(11)12/h3-4,6,9,11-12,14-15H,5,7-8H2,1-2H3. The number of fused-ring (bicyclic) bond motifs is 3. The minimum atomic E-state index is 0.649. The highest BCUT2D eigenvalue weighted by Crippen LogP contribution is 2.46. The molecule has 3 atom stereocenters. The van der Waals surface area contributed by atoms with E-state index in [0.29, 0.717) is 12.1 Å². The molecule has 0 amide bonds. The van der Waals surface area contributed by atoms with Crippen LogP contribution < -0.4 is 10.2 Å². The quantitative estimate of drug-likeness (QED) is 0.775. The minimum Gasteiger partial charge on any atom is -0.369 e. The molecule has 1 aromatic rings. The zero-order valence-electron chi connectivity index (χ0n) is 10.1. The van der Waals surface area contributed by atoms with Crippen molar-refractivity contribution in [1.82, 2.24) is 5.32 Å². The van der Waals surface area contributed by atoms with Crippen LogP contribution in [0.2, 0.25) is 0 Å². The van der Waals surface area contributed by atoms with Gasteiger partial charge in [-0.15, -0.1) is 0 Å². The molecule has 1 aromatic carbocycles. The van der Waals surface area contributed by atoms with Gasteiger partial charge < -0.3 is 10.2 Å². The first-order valence-electron chi connectivity index (χ1n) is 6.32. The van der Waals surface area contributed by atoms with Crippen molar-refractivity contribution >= 4 is 5.69 Å². The van der Waals surface area contributed by atoms with Crippen LogP contribution in [0.3, 0.4) is 0 Å². The van der Waals surface area contributed by atoms with Gasteiger partial charge in [0.2, 0.25) is 0 Å². The molecule has 2 aliphatic rings. The maximum atomic E-state index is 3.50. The largest absolute Gasteiger partial charge is 0.369 e. The molecule has 1 heterocycles. The van der Waals surface area contributed by atoms with Crippen molar-refractivity contribution in [2.45, 2.75) is 37.3 Å². The molecule has 16 heavy (non-hydrogen) atoms. The zero-order valence-corrected chi connectivity index (χ0v) is 10.1. The average molecular weight is 216 g/mol. The third-order valence-electron chi connectivity index (χ3n) is 4.39. The molecule has 2 heteroatoms. The molecule has 1 fully saturated rings. The van der Waals surface area contributed by atoms with E-state index in [0.717, 1.165) is 5.92 Å². The summed E-state index contributed by atoms with van der Waals surface area (Å²) in [6.45, 7) is 0. The van der Waals surface area contributed by atoms with E-state index in [1.807, 2.05) is 0 Å². The molecule has 3 unspecified atom stereocenters. The SMILES string of the molecule is CNC1CCCC2c3ccccc3N(C)C12. The fourth-order valence-corrected chi connectivity index (χ4v) is 3.66. The molecule has 1 saturated carbocycles. The Hall–Kier alpha value is -1.02. The van der Waals surface area contributed by atoms with Crippen LogP contribution in [0.4, 0.5) is 5.69 Å². The topological polar surface area (TPSA) is 15.3 Å². The predicted octanol–water partition coefficient (Wildman–Crippen LogP) is 2.36. The van der Waals surface area contributed by atoms with Crippen molar-refractivity contribution in [1.29, 1.82) is 0 Å². The molecule has 0 aromatic heterocycles. The smallest absolute Gasteiger partial charge is 0.0509 e. The Morgan fingerprint density at radius 1 is 1.25 bits per heavy atom. The number of hydrogen-bond acceptors (Lipinski definition) is 2. The number of para-hydroxylation sites is 1. The Morgan fingerprint density at radius 3 is 2.88 bits per heavy atom. The average Bonchev–Trinajstić information content (AvgIpc) is 2.64. The van der Waals surface area contributed by atoms with Gasteiger partial charge in [-0.1, -0.05) is 24.6 Å². The van der Waals surface area contributed by atoms with Gasteiger partial charge in [-0.05, 0) is 31.5 Å². The summed E-state index contributed by atoms with van der Waals surface area (Å²) in [6, 6.07) is 10.2. The van der Waals surface area contributed by atoms with Crippen molar-refractivity contribution in [2.75, 3.05) is 19.0 Å². The summed E-state index contributed by atoms with van der Waals surface area (Å²) in [5.41, 5.74) is 3.01. The number of benzene rings is 1. The number of rotatable bonds is 1. The molecule has 2 nitrogen and oxygen atoms in total. The summed E-state index contributed by atoms with van der Waals surface area (Å²) in [5, 5.41) is 3.50. The second kappa shape index (κ2) is 3.77. The molecule has 0 bridgehead atoms. The fraction of sp³-hybridized carbons (Fsp3) is 0.571. The fourth-order valence-electron chi connectivity index (χ4n) is 3.66. The van der Waals surface area contributed by atoms with E-state index in [1.54, 1.807) is 5.56 Å². The first kappa shape index (κ1) is 10.2. The summed E-state index contributed by atoms with van der Waals surface area (Å²) in [6.07, 6.45) is 4.02. The normalized spacial score (nSPS) is 32.4. The van der Waals surface area contributed by atoms with E-state index in [-0.39, 0.29) is 0 Å². The maximum absolute atomic E-state index is 3.50. The minimum absolute atomic E-state index is 0.649. The van der Waals surface area contributed by atoms with Crippen molar-refractivity contribution in [3.63, 3.8) is 0 Å². The van der Waals surface area contributed by atoms with Gasteiger partial charge >= 0.3 is 0 Å². The monoisotopic (exact) mass is 216 g/mol. The third kappa shape index (κ3) is 1.29. The number of likely N-dealkylation sites (N-methyl/N-ethyl adjacent to an activating group) is 2. The molecule has 0 radical (unpaired) electrons. The molecular weight excluding hydrogens is 196 g/mol. The van der Waals surface area contributed by atoms with Crippen molar-refractivity contribution in [3.05, 3.63) is 29.8 Å². The first-order valence-corrected chi connectivity index (χ1v) is 6.32. The van der Waals surface area contributed by atoms with Crippen LogP contribution in [-0.4, -0.2) is 26.2 Å². The maximum Gasteiger partial charge on any atom is 0.0509 e. The highest BCUT2D eigenvalue weighted by molar-refractivity contribution is 5.62. The van der Waals surface area contributed by atoms with E-state index in [1.165, 1.54) is 24.9 Å². The van der Waals surface area contributed by atoms with Gasteiger partial charge in [0.05, 0.1) is 6.04 Å². The second-order valence-electron chi connectivity index (χ2n) is 5.09. The Kier molecular flexibility index (Phi) is 2.40. The summed E-state index contributed by atoms with van der Waals surface area (Å²) in [4.78, 5) is 2.49. The summed E-state index contributed by atoms with van der Waals surface area (Å²) >= 11 is 0. The van der Waals surface area contributed by atoms with Crippen LogP contribution in [0.1, 0.15) is 30.7 Å². The number of nitrogens with zero attached hydrogens (tertiary/aromatic N) is 1. The summed E-state index contributed by atoms with van der Waals surface area (Å²) in [7, 11) is 4.35. The molecule has 3 rings (SSSR count). The molecule has 1 aliphatic heterocycles. The number of anilines is 1. The van der Waals surface area contributed by atoms with Crippen molar-refractivity contribution < 1.29 is 0 Å². The number of hydrogen-bond donors (Lipinski definition) is 1. The Morgan fingerprint density at radius 2 is 2.06 bits per heavy atom. The van der Waals surface area contributed by atoms with Gasteiger partial charge in [0.25, 0.3) is 0 Å². The van der Waals surface area contributed by atoms with E-state index in [4.69, 9.17) is 0 Å². The van der Waals surface area contributed by atoms with E-state index in [2.05, 4.69) is 48.6 Å². The second-order valence-corrected chi connectivity index (χ2v) is 5.09. The lowest BCUT2D eigenvalue weighted by atomic mass is 9.79. The molecule has 1 N–H and O–H groups in total. The van der Waals surface area contributed by atoms with Gasteiger partial charge in [-0.2, -0.15) is 0 Å². The van der Waals surface area contributed by atoms with Crippen LogP contribution >= 0.6 is 0 Å². The third-order valence-corrected chi connectivity index (χ3v) is 4.39. The van der Waals surface area contributed by atoms with E-state index < -0.39 is 0 Å². The molecule has 0 saturated heterocycles. The van der Waals surface area contributed by atoms with Gasteiger partial charge in [0, 0.05) is 24.7 Å². The zero-order chi connectivity index (χ0) is 11.1. The Balaban J connectivity index is 2.02. The van der Waals surface area contributed by atoms with E-state index >= 15 is 0 Å². The highest BCUT2D eigenvalue weighted by atomic mass is 15.2. The van der Waals surface area contributed by atoms with E-state index in [9.17, 15) is 0 Å². The van der Waals surface area contributed by atoms with Crippen LogP contribution in [0.15, 0.2) is 24.3 Å². The summed E-state index contributed by atoms with van der Waals surface area (Å²) < 4.78 is 0. The van der Waals surface area contributed by atoms with Gasteiger partial charge in [-0.3, -0.25) is 0 Å². The molecule has 0 spiro atoms. The first-order chi connectivity index (χ1) is 7.83. The van der Waals surface area contributed by atoms with Crippen molar-refractivity contribution in [3.8, 4) is 0 Å². The Bertz CT molecular complexity index is 388. The Labute approximate surface area is 97.6 Å². The highest BCUT2D eigenvalue weighted by Gasteiger charge is 2.42. The molecule has 86 valence electrons. The van der Waals surface area contributed by atoms with Crippen LogP contribution in [-0.2, 0) is 0 Å². The lowest BCUT2D eigenvalue weighted by Crippen LogP contribution is -2.49. The van der Waals surface area contributed by atoms with Crippen LogP contribution in [0, 0.1) is 0 Å².